The number of nitrogens with zero attached hydrogens (tertiary/aromatic N) is 1. The van der Waals surface area contributed by atoms with E-state index in [1.54, 1.807) is 0 Å². The van der Waals surface area contributed by atoms with Gasteiger partial charge < -0.3 is 4.57 Å². The Morgan fingerprint density at radius 3 is 1.90 bits per heavy atom. The van der Waals surface area contributed by atoms with Gasteiger partial charge in [0.2, 0.25) is 0 Å². The Morgan fingerprint density at radius 2 is 1.33 bits per heavy atom. The van der Waals surface area contributed by atoms with E-state index in [4.69, 9.17) is 0 Å². The Kier molecular flexibility index (Phi) is 2.86. The van der Waals surface area contributed by atoms with Gasteiger partial charge in [0.15, 0.2) is 0 Å². The molecule has 1 aromatic heterocycles. The number of aryl methyl sites for hydroxylation is 1. The Hall–Kier alpha value is -2.06. The van der Waals surface area contributed by atoms with Gasteiger partial charge in [0.05, 0.1) is 11.0 Å². The lowest BCUT2D eigenvalue weighted by Crippen LogP contribution is -1.94. The zero-order chi connectivity index (χ0) is 14.4. The van der Waals surface area contributed by atoms with Gasteiger partial charge in [-0.05, 0) is 42.8 Å². The molecule has 4 rings (SSSR count). The molecule has 102 valence electrons. The summed E-state index contributed by atoms with van der Waals surface area (Å²) in [5, 5.41) is 2.60. The van der Waals surface area contributed by atoms with Gasteiger partial charge in [-0.1, -0.05) is 52.3 Å². The number of para-hydroxylation sites is 2. The van der Waals surface area contributed by atoms with E-state index >= 15 is 0 Å². The fourth-order valence-corrected chi connectivity index (χ4v) is 3.22. The van der Waals surface area contributed by atoms with Crippen molar-refractivity contribution in [3.8, 4) is 5.69 Å². The highest BCUT2D eigenvalue weighted by molar-refractivity contribution is 9.10. The lowest BCUT2D eigenvalue weighted by Gasteiger charge is -2.09. The number of hydrogen-bond donors (Lipinski definition) is 0. The van der Waals surface area contributed by atoms with E-state index in [0.29, 0.717) is 0 Å². The Balaban J connectivity index is 2.17. The molecule has 0 amide bonds. The van der Waals surface area contributed by atoms with Gasteiger partial charge in [0, 0.05) is 20.9 Å². The summed E-state index contributed by atoms with van der Waals surface area (Å²) in [4.78, 5) is 0. The summed E-state index contributed by atoms with van der Waals surface area (Å²) in [5.41, 5.74) is 4.95. The standard InChI is InChI=1S/C19H14BrN/c1-13-12-14(10-11-17(13)20)21-18-8-4-2-6-15(18)16-7-3-5-9-19(16)21/h2-12H,1H3. The van der Waals surface area contributed by atoms with E-state index in [-0.39, 0.29) is 0 Å². The van der Waals surface area contributed by atoms with Crippen LogP contribution in [0.25, 0.3) is 27.5 Å². The summed E-state index contributed by atoms with van der Waals surface area (Å²) in [6.07, 6.45) is 0. The third-order valence-electron chi connectivity index (χ3n) is 3.98. The average molecular weight is 336 g/mol. The summed E-state index contributed by atoms with van der Waals surface area (Å²) in [7, 11) is 0. The zero-order valence-electron chi connectivity index (χ0n) is 11.7. The molecule has 0 aliphatic heterocycles. The van der Waals surface area contributed by atoms with E-state index in [9.17, 15) is 0 Å². The topological polar surface area (TPSA) is 4.93 Å². The van der Waals surface area contributed by atoms with Crippen LogP contribution in [0.5, 0.6) is 0 Å². The summed E-state index contributed by atoms with van der Waals surface area (Å²) >= 11 is 3.58. The van der Waals surface area contributed by atoms with Crippen LogP contribution in [0.1, 0.15) is 5.56 Å². The first-order valence-electron chi connectivity index (χ1n) is 7.00. The van der Waals surface area contributed by atoms with Crippen LogP contribution in [0.2, 0.25) is 0 Å². The van der Waals surface area contributed by atoms with Gasteiger partial charge in [0.25, 0.3) is 0 Å². The lowest BCUT2D eigenvalue weighted by molar-refractivity contribution is 1.17. The molecule has 0 bridgehead atoms. The van der Waals surface area contributed by atoms with Crippen molar-refractivity contribution < 1.29 is 0 Å². The number of benzene rings is 3. The first-order valence-corrected chi connectivity index (χ1v) is 7.80. The molecule has 21 heavy (non-hydrogen) atoms. The molecule has 0 saturated heterocycles. The fraction of sp³-hybridized carbons (Fsp3) is 0.0526. The number of fused-ring (bicyclic) bond motifs is 3. The highest BCUT2D eigenvalue weighted by Crippen LogP contribution is 2.32. The quantitative estimate of drug-likeness (QED) is 0.411. The molecule has 0 spiro atoms. The Morgan fingerprint density at radius 1 is 0.762 bits per heavy atom. The number of aromatic nitrogens is 1. The normalized spacial score (nSPS) is 11.3. The molecule has 1 nitrogen and oxygen atoms in total. The van der Waals surface area contributed by atoms with Crippen LogP contribution >= 0.6 is 15.9 Å². The molecule has 1 heterocycles. The molecule has 0 aliphatic rings. The molecule has 0 saturated carbocycles. The van der Waals surface area contributed by atoms with Crippen molar-refractivity contribution in [3.63, 3.8) is 0 Å². The van der Waals surface area contributed by atoms with Gasteiger partial charge >= 0.3 is 0 Å². The number of halogens is 1. The van der Waals surface area contributed by atoms with Crippen LogP contribution in [0.4, 0.5) is 0 Å². The van der Waals surface area contributed by atoms with Crippen molar-refractivity contribution in [2.24, 2.45) is 0 Å². The van der Waals surface area contributed by atoms with Crippen molar-refractivity contribution in [2.45, 2.75) is 6.92 Å². The van der Waals surface area contributed by atoms with Crippen LogP contribution in [0, 0.1) is 6.92 Å². The molecular formula is C19H14BrN. The lowest BCUT2D eigenvalue weighted by atomic mass is 10.2. The molecule has 0 aliphatic carbocycles. The van der Waals surface area contributed by atoms with E-state index in [0.717, 1.165) is 4.47 Å². The fourth-order valence-electron chi connectivity index (χ4n) is 2.97. The van der Waals surface area contributed by atoms with Crippen molar-refractivity contribution in [2.75, 3.05) is 0 Å². The molecule has 0 N–H and O–H groups in total. The molecule has 0 fully saturated rings. The van der Waals surface area contributed by atoms with Crippen molar-refractivity contribution in [1.82, 2.24) is 4.57 Å². The summed E-state index contributed by atoms with van der Waals surface area (Å²) in [6.45, 7) is 2.13. The van der Waals surface area contributed by atoms with Gasteiger partial charge in [0.1, 0.15) is 0 Å². The smallest absolute Gasteiger partial charge is 0.0541 e. The third-order valence-corrected chi connectivity index (χ3v) is 4.87. The zero-order valence-corrected chi connectivity index (χ0v) is 13.3. The maximum atomic E-state index is 3.58. The second-order valence-electron chi connectivity index (χ2n) is 5.30. The highest BCUT2D eigenvalue weighted by atomic mass is 79.9. The summed E-state index contributed by atoms with van der Waals surface area (Å²) in [6, 6.07) is 23.7. The van der Waals surface area contributed by atoms with E-state index in [1.807, 2.05) is 0 Å². The average Bonchev–Trinajstić information content (AvgIpc) is 2.85. The van der Waals surface area contributed by atoms with Crippen molar-refractivity contribution >= 4 is 37.7 Å². The SMILES string of the molecule is Cc1cc(-n2c3ccccc3c3ccccc32)ccc1Br. The number of hydrogen-bond acceptors (Lipinski definition) is 0. The molecule has 4 aromatic rings. The highest BCUT2D eigenvalue weighted by Gasteiger charge is 2.11. The molecule has 0 unspecified atom stereocenters. The second kappa shape index (κ2) is 4.74. The van der Waals surface area contributed by atoms with E-state index in [1.165, 1.54) is 33.1 Å². The van der Waals surface area contributed by atoms with Gasteiger partial charge in [-0.15, -0.1) is 0 Å². The largest absolute Gasteiger partial charge is 0.309 e. The van der Waals surface area contributed by atoms with Gasteiger partial charge in [-0.2, -0.15) is 0 Å². The number of rotatable bonds is 1. The maximum absolute atomic E-state index is 3.58. The van der Waals surface area contributed by atoms with Gasteiger partial charge in [-0.3, -0.25) is 0 Å². The summed E-state index contributed by atoms with van der Waals surface area (Å²) in [5.74, 6) is 0. The monoisotopic (exact) mass is 335 g/mol. The van der Waals surface area contributed by atoms with Crippen molar-refractivity contribution in [3.05, 3.63) is 76.8 Å². The third kappa shape index (κ3) is 1.90. The molecular weight excluding hydrogens is 322 g/mol. The van der Waals surface area contributed by atoms with Gasteiger partial charge in [-0.25, -0.2) is 0 Å². The van der Waals surface area contributed by atoms with Crippen LogP contribution in [-0.2, 0) is 0 Å². The Bertz CT molecular complexity index is 913. The minimum absolute atomic E-state index is 1.15. The first-order chi connectivity index (χ1) is 10.3. The molecule has 0 radical (unpaired) electrons. The predicted molar refractivity (Wildman–Crippen MR) is 93.2 cm³/mol. The van der Waals surface area contributed by atoms with E-state index in [2.05, 4.69) is 94.2 Å². The van der Waals surface area contributed by atoms with Crippen molar-refractivity contribution in [1.29, 1.82) is 0 Å². The van der Waals surface area contributed by atoms with Crippen LogP contribution in [0.15, 0.2) is 71.2 Å². The molecule has 0 atom stereocenters. The molecule has 3 aromatic carbocycles. The maximum Gasteiger partial charge on any atom is 0.0541 e. The Labute approximate surface area is 132 Å². The van der Waals surface area contributed by atoms with E-state index < -0.39 is 0 Å². The minimum atomic E-state index is 1.15. The van der Waals surface area contributed by atoms with Crippen LogP contribution in [-0.4, -0.2) is 4.57 Å². The second-order valence-corrected chi connectivity index (χ2v) is 6.16. The summed E-state index contributed by atoms with van der Waals surface area (Å²) < 4.78 is 3.48. The molecule has 2 heteroatoms. The predicted octanol–water partition coefficient (Wildman–Crippen LogP) is 5.85. The first kappa shape index (κ1) is 12.7. The van der Waals surface area contributed by atoms with Crippen LogP contribution in [0.3, 0.4) is 0 Å². The van der Waals surface area contributed by atoms with Crippen LogP contribution < -0.4 is 0 Å². The minimum Gasteiger partial charge on any atom is -0.309 e.